The van der Waals surface area contributed by atoms with Gasteiger partial charge in [0.2, 0.25) is 11.8 Å². The summed E-state index contributed by atoms with van der Waals surface area (Å²) in [6, 6.07) is 1.62. The van der Waals surface area contributed by atoms with Gasteiger partial charge in [-0.15, -0.1) is 0 Å². The molecule has 2 fully saturated rings. The topological polar surface area (TPSA) is 112 Å². The minimum absolute atomic E-state index is 0.0194. The van der Waals surface area contributed by atoms with E-state index in [1.807, 2.05) is 13.0 Å². The molecule has 3 aromatic rings. The van der Waals surface area contributed by atoms with E-state index in [9.17, 15) is 4.79 Å². The third kappa shape index (κ3) is 3.45. The van der Waals surface area contributed by atoms with Crippen LogP contribution in [0.4, 0.5) is 5.69 Å². The molecule has 35 heavy (non-hydrogen) atoms. The highest BCUT2D eigenvalue weighted by atomic mass is 16.5. The van der Waals surface area contributed by atoms with Crippen LogP contribution >= 0.6 is 0 Å². The van der Waals surface area contributed by atoms with Crippen molar-refractivity contribution in [1.29, 1.82) is 0 Å². The first-order valence-electron chi connectivity index (χ1n) is 12.4. The van der Waals surface area contributed by atoms with Crippen LogP contribution in [0, 0.1) is 17.3 Å². The number of ether oxygens (including phenoxy) is 2. The zero-order valence-electron chi connectivity index (χ0n) is 21.0. The van der Waals surface area contributed by atoms with E-state index in [1.54, 1.807) is 19.1 Å². The first-order chi connectivity index (χ1) is 16.8. The number of hydrogen-bond donors (Lipinski definition) is 2. The standard InChI is InChI=1S/C25H33N7O3/c1-13-16-10-15-18(12-25(13,16)3)29-30-20(15)22-26-17-11-19(23(34-5)28-21(17)27-22)31(4)24(33)14(2)32-6-8-35-9-7-32/h11,13-14,16H,6-10,12H2,1-5H3,(H,29,30)(H,26,27,28)/t13-,14-,16+,25-/m0/s1. The number of H-pyrrole nitrogens is 2. The lowest BCUT2D eigenvalue weighted by molar-refractivity contribution is -0.124. The highest BCUT2D eigenvalue weighted by molar-refractivity contribution is 5.99. The summed E-state index contributed by atoms with van der Waals surface area (Å²) in [7, 11) is 3.33. The molecule has 1 aliphatic heterocycles. The lowest BCUT2D eigenvalue weighted by Gasteiger charge is -2.33. The third-order valence-corrected chi connectivity index (χ3v) is 8.80. The molecule has 0 radical (unpaired) electrons. The van der Waals surface area contributed by atoms with Gasteiger partial charge in [-0.1, -0.05) is 13.8 Å². The number of imidazole rings is 1. The van der Waals surface area contributed by atoms with E-state index in [0.717, 1.165) is 43.1 Å². The summed E-state index contributed by atoms with van der Waals surface area (Å²) >= 11 is 0. The van der Waals surface area contributed by atoms with Gasteiger partial charge in [-0.2, -0.15) is 10.1 Å². The third-order valence-electron chi connectivity index (χ3n) is 8.80. The van der Waals surface area contributed by atoms with Crippen LogP contribution in [-0.4, -0.2) is 82.5 Å². The summed E-state index contributed by atoms with van der Waals surface area (Å²) < 4.78 is 11.0. The highest BCUT2D eigenvalue weighted by Gasteiger charge is 2.60. The Labute approximate surface area is 204 Å². The molecule has 0 aromatic carbocycles. The van der Waals surface area contributed by atoms with Gasteiger partial charge in [0, 0.05) is 31.4 Å². The fourth-order valence-electron chi connectivity index (χ4n) is 6.11. The normalized spacial score (nSPS) is 26.8. The molecule has 6 rings (SSSR count). The number of aromatic nitrogens is 5. The Morgan fingerprint density at radius 1 is 1.34 bits per heavy atom. The summed E-state index contributed by atoms with van der Waals surface area (Å²) in [6.07, 6.45) is 2.06. The van der Waals surface area contributed by atoms with Crippen LogP contribution in [0.1, 0.15) is 32.0 Å². The number of aromatic amines is 2. The number of nitrogens with zero attached hydrogens (tertiary/aromatic N) is 5. The van der Waals surface area contributed by atoms with Gasteiger partial charge in [0.25, 0.3) is 0 Å². The van der Waals surface area contributed by atoms with Crippen LogP contribution in [0.2, 0.25) is 0 Å². The van der Waals surface area contributed by atoms with E-state index in [-0.39, 0.29) is 11.9 Å². The number of nitrogens with one attached hydrogen (secondary N) is 2. The van der Waals surface area contributed by atoms with Gasteiger partial charge in [0.05, 0.1) is 31.9 Å². The summed E-state index contributed by atoms with van der Waals surface area (Å²) in [5.41, 5.74) is 5.62. The molecule has 2 N–H and O–H groups in total. The maximum Gasteiger partial charge on any atom is 0.243 e. The molecule has 1 saturated carbocycles. The Balaban J connectivity index is 1.31. The number of likely N-dealkylation sites (N-methyl/N-ethyl adjacent to an activating group) is 1. The average Bonchev–Trinajstić information content (AvgIpc) is 3.22. The summed E-state index contributed by atoms with van der Waals surface area (Å²) in [5, 5.41) is 7.88. The van der Waals surface area contributed by atoms with Gasteiger partial charge in [-0.05, 0) is 43.1 Å². The average molecular weight is 480 g/mol. The van der Waals surface area contributed by atoms with Crippen molar-refractivity contribution < 1.29 is 14.3 Å². The molecule has 2 aliphatic carbocycles. The van der Waals surface area contributed by atoms with Crippen LogP contribution in [-0.2, 0) is 22.4 Å². The maximum atomic E-state index is 13.3. The van der Waals surface area contributed by atoms with Crippen LogP contribution < -0.4 is 9.64 Å². The van der Waals surface area contributed by atoms with Crippen LogP contribution in [0.15, 0.2) is 6.07 Å². The first kappa shape index (κ1) is 22.5. The summed E-state index contributed by atoms with van der Waals surface area (Å²) in [4.78, 5) is 29.8. The van der Waals surface area contributed by atoms with Gasteiger partial charge in [-0.3, -0.25) is 14.8 Å². The Morgan fingerprint density at radius 3 is 2.86 bits per heavy atom. The van der Waals surface area contributed by atoms with Crippen molar-refractivity contribution in [2.75, 3.05) is 45.4 Å². The molecule has 1 saturated heterocycles. The van der Waals surface area contributed by atoms with Crippen molar-refractivity contribution >= 4 is 22.8 Å². The quantitative estimate of drug-likeness (QED) is 0.578. The second-order valence-electron chi connectivity index (χ2n) is 10.5. The number of methoxy groups -OCH3 is 1. The molecule has 3 aliphatic rings. The van der Waals surface area contributed by atoms with E-state index in [2.05, 4.69) is 38.9 Å². The molecular weight excluding hydrogens is 446 g/mol. The number of pyridine rings is 1. The molecule has 10 heteroatoms. The highest BCUT2D eigenvalue weighted by Crippen LogP contribution is 2.64. The fraction of sp³-hybridized carbons (Fsp3) is 0.600. The fourth-order valence-corrected chi connectivity index (χ4v) is 6.11. The van der Waals surface area contributed by atoms with Crippen molar-refractivity contribution in [2.24, 2.45) is 17.3 Å². The van der Waals surface area contributed by atoms with E-state index in [0.29, 0.717) is 47.6 Å². The molecule has 0 unspecified atom stereocenters. The minimum Gasteiger partial charge on any atom is -0.479 e. The van der Waals surface area contributed by atoms with E-state index in [1.165, 1.54) is 11.3 Å². The molecule has 10 nitrogen and oxygen atoms in total. The van der Waals surface area contributed by atoms with Crippen LogP contribution in [0.5, 0.6) is 5.88 Å². The second-order valence-corrected chi connectivity index (χ2v) is 10.5. The number of fused-ring (bicyclic) bond motifs is 3. The van der Waals surface area contributed by atoms with Gasteiger partial charge >= 0.3 is 0 Å². The Bertz CT molecular complexity index is 1290. The summed E-state index contributed by atoms with van der Waals surface area (Å²) in [5.74, 6) is 2.47. The Kier molecular flexibility index (Phi) is 5.16. The van der Waals surface area contributed by atoms with Crippen molar-refractivity contribution in [2.45, 2.75) is 39.7 Å². The second kappa shape index (κ2) is 8.03. The van der Waals surface area contributed by atoms with Crippen LogP contribution in [0.25, 0.3) is 22.7 Å². The van der Waals surface area contributed by atoms with E-state index < -0.39 is 0 Å². The molecule has 3 aromatic heterocycles. The zero-order chi connectivity index (χ0) is 24.5. The van der Waals surface area contributed by atoms with Crippen LogP contribution in [0.3, 0.4) is 0 Å². The zero-order valence-corrected chi connectivity index (χ0v) is 21.0. The van der Waals surface area contributed by atoms with Gasteiger partial charge < -0.3 is 19.4 Å². The monoisotopic (exact) mass is 479 g/mol. The van der Waals surface area contributed by atoms with Crippen molar-refractivity contribution in [1.82, 2.24) is 30.0 Å². The maximum absolute atomic E-state index is 13.3. The van der Waals surface area contributed by atoms with Gasteiger partial charge in [-0.25, -0.2) is 4.98 Å². The van der Waals surface area contributed by atoms with E-state index >= 15 is 0 Å². The molecular formula is C25H33N7O3. The first-order valence-corrected chi connectivity index (χ1v) is 12.4. The van der Waals surface area contributed by atoms with E-state index in [4.69, 9.17) is 14.5 Å². The number of amides is 1. The largest absolute Gasteiger partial charge is 0.479 e. The summed E-state index contributed by atoms with van der Waals surface area (Å²) in [6.45, 7) is 9.43. The molecule has 1 amide bonds. The number of carbonyl (C=O) groups is 1. The number of anilines is 1. The Morgan fingerprint density at radius 2 is 2.11 bits per heavy atom. The molecule has 0 bridgehead atoms. The smallest absolute Gasteiger partial charge is 0.243 e. The number of rotatable bonds is 5. The SMILES string of the molecule is COc1nc2nc(-c3n[nH]c4c3C[C@@H]3[C@H](C)[C@]3(C)C4)[nH]c2cc1N(C)C(=O)[C@H](C)N1CCOCC1. The predicted molar refractivity (Wildman–Crippen MR) is 131 cm³/mol. The van der Waals surface area contributed by atoms with Gasteiger partial charge in [0.1, 0.15) is 11.4 Å². The number of morpholine rings is 1. The Hall–Kier alpha value is -2.98. The van der Waals surface area contributed by atoms with Crippen molar-refractivity contribution in [3.8, 4) is 17.4 Å². The number of hydrogen-bond acceptors (Lipinski definition) is 7. The molecule has 186 valence electrons. The van der Waals surface area contributed by atoms with Gasteiger partial charge in [0.15, 0.2) is 11.5 Å². The lowest BCUT2D eigenvalue weighted by atomic mass is 9.87. The number of carbonyl (C=O) groups excluding carboxylic acids is 1. The lowest BCUT2D eigenvalue weighted by Crippen LogP contribution is -2.50. The predicted octanol–water partition coefficient (Wildman–Crippen LogP) is 2.41. The van der Waals surface area contributed by atoms with Crippen molar-refractivity contribution in [3.63, 3.8) is 0 Å². The molecule has 4 atom stereocenters. The minimum atomic E-state index is -0.271. The molecule has 4 heterocycles. The molecule has 0 spiro atoms. The van der Waals surface area contributed by atoms with Crippen molar-refractivity contribution in [3.05, 3.63) is 17.3 Å².